The maximum atomic E-state index is 9.15. The second kappa shape index (κ2) is 5.16. The molecule has 19 heavy (non-hydrogen) atoms. The summed E-state index contributed by atoms with van der Waals surface area (Å²) >= 11 is 0. The normalized spacial score (nSPS) is 9.47. The lowest BCUT2D eigenvalue weighted by atomic mass is 10.1. The van der Waals surface area contributed by atoms with Crippen LogP contribution >= 0.6 is 0 Å². The van der Waals surface area contributed by atoms with Crippen molar-refractivity contribution in [1.29, 1.82) is 10.5 Å². The van der Waals surface area contributed by atoms with Crippen LogP contribution in [0.5, 0.6) is 0 Å². The summed E-state index contributed by atoms with van der Waals surface area (Å²) in [5.74, 6) is 0.318. The number of nitrogens with one attached hydrogen (secondary N) is 1. The molecule has 0 aliphatic carbocycles. The second-order valence-electron chi connectivity index (χ2n) is 4.06. The first kappa shape index (κ1) is 12.5. The molecular formula is C14H11N5. The van der Waals surface area contributed by atoms with Crippen molar-refractivity contribution in [1.82, 2.24) is 9.97 Å². The predicted octanol–water partition coefficient (Wildman–Crippen LogP) is 2.58. The maximum absolute atomic E-state index is 9.15. The number of nitrogens with zero attached hydrogens (tertiary/aromatic N) is 4. The van der Waals surface area contributed by atoms with E-state index in [0.717, 1.165) is 5.56 Å². The summed E-state index contributed by atoms with van der Waals surface area (Å²) < 4.78 is 0. The van der Waals surface area contributed by atoms with E-state index in [2.05, 4.69) is 21.4 Å². The molecule has 0 radical (unpaired) electrons. The van der Waals surface area contributed by atoms with Gasteiger partial charge >= 0.3 is 0 Å². The summed E-state index contributed by atoms with van der Waals surface area (Å²) in [6.45, 7) is 3.65. The van der Waals surface area contributed by atoms with Crippen LogP contribution in [0.2, 0.25) is 0 Å². The summed E-state index contributed by atoms with van der Waals surface area (Å²) in [5.41, 5.74) is 3.05. The van der Waals surface area contributed by atoms with Crippen LogP contribution in [0, 0.1) is 36.5 Å². The Labute approximate surface area is 111 Å². The average molecular weight is 249 g/mol. The zero-order valence-electron chi connectivity index (χ0n) is 10.6. The number of aryl methyl sites for hydroxylation is 2. The van der Waals surface area contributed by atoms with E-state index in [9.17, 15) is 0 Å². The van der Waals surface area contributed by atoms with Crippen molar-refractivity contribution in [3.63, 3.8) is 0 Å². The zero-order valence-corrected chi connectivity index (χ0v) is 10.6. The Morgan fingerprint density at radius 2 is 1.89 bits per heavy atom. The third-order valence-corrected chi connectivity index (χ3v) is 2.60. The van der Waals surface area contributed by atoms with Crippen LogP contribution in [0.15, 0.2) is 24.3 Å². The molecule has 1 heterocycles. The minimum atomic E-state index is 0.293. The van der Waals surface area contributed by atoms with Gasteiger partial charge in [-0.25, -0.2) is 9.97 Å². The molecule has 2 rings (SSSR count). The van der Waals surface area contributed by atoms with Crippen LogP contribution in [0.3, 0.4) is 0 Å². The molecule has 0 unspecified atom stereocenters. The highest BCUT2D eigenvalue weighted by atomic mass is 15.1. The average Bonchev–Trinajstić information content (AvgIpc) is 2.38. The smallest absolute Gasteiger partial charge is 0.228 e. The molecule has 0 saturated carbocycles. The Bertz CT molecular complexity index is 707. The van der Waals surface area contributed by atoms with Crippen molar-refractivity contribution in [2.24, 2.45) is 0 Å². The van der Waals surface area contributed by atoms with E-state index < -0.39 is 0 Å². The molecule has 1 N–H and O–H groups in total. The molecular weight excluding hydrogens is 238 g/mol. The van der Waals surface area contributed by atoms with Gasteiger partial charge in [0.1, 0.15) is 17.8 Å². The van der Waals surface area contributed by atoms with Gasteiger partial charge in [-0.1, -0.05) is 12.1 Å². The quantitative estimate of drug-likeness (QED) is 0.884. The molecule has 0 fully saturated rings. The van der Waals surface area contributed by atoms with E-state index in [1.807, 2.05) is 25.1 Å². The van der Waals surface area contributed by atoms with Gasteiger partial charge in [0.15, 0.2) is 0 Å². The number of nitriles is 2. The molecule has 5 heteroatoms. The molecule has 0 bridgehead atoms. The van der Waals surface area contributed by atoms with Crippen LogP contribution in [0.1, 0.15) is 22.5 Å². The lowest BCUT2D eigenvalue weighted by Gasteiger charge is -2.09. The second-order valence-corrected chi connectivity index (χ2v) is 4.06. The van der Waals surface area contributed by atoms with Gasteiger partial charge in [0, 0.05) is 5.69 Å². The first-order valence-electron chi connectivity index (χ1n) is 5.66. The van der Waals surface area contributed by atoms with E-state index in [0.29, 0.717) is 28.6 Å². The summed E-state index contributed by atoms with van der Waals surface area (Å²) in [6, 6.07) is 11.2. The lowest BCUT2D eigenvalue weighted by molar-refractivity contribution is 1.08. The van der Waals surface area contributed by atoms with Crippen LogP contribution in [0.4, 0.5) is 11.6 Å². The Hall–Kier alpha value is -2.92. The standard InChI is InChI=1S/C14H11N5/c1-9-4-3-5-13(12(9)8-16)19-14-17-10(2)6-11(7-15)18-14/h3-6H,1-2H3,(H,17,18,19). The maximum Gasteiger partial charge on any atom is 0.228 e. The van der Waals surface area contributed by atoms with E-state index in [-0.39, 0.29) is 0 Å². The van der Waals surface area contributed by atoms with Crippen LogP contribution < -0.4 is 5.32 Å². The summed E-state index contributed by atoms with van der Waals surface area (Å²) in [4.78, 5) is 8.26. The fraction of sp³-hybridized carbons (Fsp3) is 0.143. The minimum Gasteiger partial charge on any atom is -0.323 e. The van der Waals surface area contributed by atoms with Gasteiger partial charge in [-0.3, -0.25) is 0 Å². The van der Waals surface area contributed by atoms with Crippen LogP contribution in [-0.2, 0) is 0 Å². The van der Waals surface area contributed by atoms with Gasteiger partial charge in [-0.2, -0.15) is 10.5 Å². The molecule has 0 aliphatic rings. The van der Waals surface area contributed by atoms with Gasteiger partial charge in [-0.05, 0) is 31.5 Å². The number of aromatic nitrogens is 2. The number of anilines is 2. The Balaban J connectivity index is 2.43. The predicted molar refractivity (Wildman–Crippen MR) is 70.7 cm³/mol. The molecule has 0 saturated heterocycles. The number of hydrogen-bond acceptors (Lipinski definition) is 5. The molecule has 0 spiro atoms. The summed E-state index contributed by atoms with van der Waals surface area (Å²) in [5, 5.41) is 21.0. The Morgan fingerprint density at radius 3 is 2.58 bits per heavy atom. The van der Waals surface area contributed by atoms with Crippen LogP contribution in [-0.4, -0.2) is 9.97 Å². The highest BCUT2D eigenvalue weighted by Gasteiger charge is 2.07. The fourth-order valence-electron chi connectivity index (χ4n) is 1.72. The minimum absolute atomic E-state index is 0.293. The van der Waals surface area contributed by atoms with Crippen molar-refractivity contribution in [3.8, 4) is 12.1 Å². The zero-order chi connectivity index (χ0) is 13.8. The van der Waals surface area contributed by atoms with Crippen LogP contribution in [0.25, 0.3) is 0 Å². The SMILES string of the molecule is Cc1cc(C#N)nc(Nc2cccc(C)c2C#N)n1. The van der Waals surface area contributed by atoms with Gasteiger partial charge in [0.05, 0.1) is 11.3 Å². The van der Waals surface area contributed by atoms with Gasteiger partial charge in [0.2, 0.25) is 5.95 Å². The highest BCUT2D eigenvalue weighted by Crippen LogP contribution is 2.21. The first-order valence-corrected chi connectivity index (χ1v) is 5.66. The highest BCUT2D eigenvalue weighted by molar-refractivity contribution is 5.65. The van der Waals surface area contributed by atoms with Gasteiger partial charge in [-0.15, -0.1) is 0 Å². The van der Waals surface area contributed by atoms with E-state index in [4.69, 9.17) is 10.5 Å². The third-order valence-electron chi connectivity index (χ3n) is 2.60. The summed E-state index contributed by atoms with van der Waals surface area (Å²) in [6.07, 6.45) is 0. The topological polar surface area (TPSA) is 85.4 Å². The van der Waals surface area contributed by atoms with Gasteiger partial charge in [0.25, 0.3) is 0 Å². The lowest BCUT2D eigenvalue weighted by Crippen LogP contribution is -2.02. The molecule has 0 atom stereocenters. The fourth-order valence-corrected chi connectivity index (χ4v) is 1.72. The molecule has 0 aliphatic heterocycles. The number of benzene rings is 1. The molecule has 0 amide bonds. The molecule has 1 aromatic heterocycles. The molecule has 5 nitrogen and oxygen atoms in total. The largest absolute Gasteiger partial charge is 0.323 e. The van der Waals surface area contributed by atoms with Crippen molar-refractivity contribution in [2.75, 3.05) is 5.32 Å². The van der Waals surface area contributed by atoms with E-state index in [1.54, 1.807) is 19.1 Å². The molecule has 1 aromatic carbocycles. The number of hydrogen-bond donors (Lipinski definition) is 1. The van der Waals surface area contributed by atoms with Crippen molar-refractivity contribution >= 4 is 11.6 Å². The first-order chi connectivity index (χ1) is 9.13. The van der Waals surface area contributed by atoms with Gasteiger partial charge < -0.3 is 5.32 Å². The monoisotopic (exact) mass is 249 g/mol. The van der Waals surface area contributed by atoms with Crippen molar-refractivity contribution in [2.45, 2.75) is 13.8 Å². The number of rotatable bonds is 2. The van der Waals surface area contributed by atoms with Crippen molar-refractivity contribution in [3.05, 3.63) is 46.8 Å². The van der Waals surface area contributed by atoms with Crippen molar-refractivity contribution < 1.29 is 0 Å². The summed E-state index contributed by atoms with van der Waals surface area (Å²) in [7, 11) is 0. The Kier molecular flexibility index (Phi) is 3.40. The van der Waals surface area contributed by atoms with E-state index in [1.165, 1.54) is 0 Å². The Morgan fingerprint density at radius 1 is 1.11 bits per heavy atom. The third kappa shape index (κ3) is 2.67. The molecule has 2 aromatic rings. The molecule has 92 valence electrons. The van der Waals surface area contributed by atoms with E-state index >= 15 is 0 Å².